The fourth-order valence-electron chi connectivity index (χ4n) is 2.91. The Balaban J connectivity index is 1.59. The molecule has 0 radical (unpaired) electrons. The number of aromatic nitrogens is 3. The molecule has 1 aromatic carbocycles. The molecule has 0 saturated carbocycles. The van der Waals surface area contributed by atoms with Gasteiger partial charge in [-0.05, 0) is 31.0 Å². The zero-order valence-electron chi connectivity index (χ0n) is 12.4. The van der Waals surface area contributed by atoms with E-state index >= 15 is 0 Å². The monoisotopic (exact) mass is 312 g/mol. The van der Waals surface area contributed by atoms with Gasteiger partial charge in [0.2, 0.25) is 0 Å². The number of nitrogens with one attached hydrogen (secondary N) is 1. The van der Waals surface area contributed by atoms with E-state index in [2.05, 4.69) is 15.4 Å². The fraction of sp³-hybridized carbons (Fsp3) is 0.312. The normalized spacial score (nSPS) is 18.5. The minimum Gasteiger partial charge on any atom is -0.391 e. The Morgan fingerprint density at radius 2 is 2.30 bits per heavy atom. The summed E-state index contributed by atoms with van der Waals surface area (Å²) in [6, 6.07) is 7.37. The lowest BCUT2D eigenvalue weighted by Gasteiger charge is -2.29. The molecular formula is C16H16N4O3. The first-order chi connectivity index (χ1) is 11.2. The molecule has 0 bridgehead atoms. The molecule has 7 nitrogen and oxygen atoms in total. The lowest BCUT2D eigenvalue weighted by atomic mass is 10.1. The summed E-state index contributed by atoms with van der Waals surface area (Å²) in [5, 5.41) is 21.4. The van der Waals surface area contributed by atoms with Crippen molar-refractivity contribution in [1.29, 1.82) is 0 Å². The topological polar surface area (TPSA) is 95.2 Å². The number of aliphatic hydroxyl groups excluding tert-OH is 1. The molecule has 1 atom stereocenters. The second-order valence-corrected chi connectivity index (χ2v) is 5.80. The van der Waals surface area contributed by atoms with Crippen LogP contribution in [-0.4, -0.2) is 50.5 Å². The smallest absolute Gasteiger partial charge is 0.276 e. The van der Waals surface area contributed by atoms with Gasteiger partial charge < -0.3 is 14.5 Å². The molecule has 1 saturated heterocycles. The van der Waals surface area contributed by atoms with E-state index in [1.54, 1.807) is 17.2 Å². The van der Waals surface area contributed by atoms with Crippen molar-refractivity contribution in [2.75, 3.05) is 13.1 Å². The van der Waals surface area contributed by atoms with E-state index in [0.29, 0.717) is 18.8 Å². The van der Waals surface area contributed by atoms with Gasteiger partial charge in [0.05, 0.1) is 17.8 Å². The van der Waals surface area contributed by atoms with Gasteiger partial charge in [0.25, 0.3) is 5.91 Å². The highest BCUT2D eigenvalue weighted by molar-refractivity contribution is 5.93. The molecule has 1 aliphatic heterocycles. The summed E-state index contributed by atoms with van der Waals surface area (Å²) >= 11 is 0. The number of likely N-dealkylation sites (tertiary alicyclic amines) is 1. The van der Waals surface area contributed by atoms with E-state index < -0.39 is 6.10 Å². The van der Waals surface area contributed by atoms with Crippen LogP contribution in [0.3, 0.4) is 0 Å². The second kappa shape index (κ2) is 5.51. The first-order valence-electron chi connectivity index (χ1n) is 7.58. The Morgan fingerprint density at radius 1 is 1.39 bits per heavy atom. The lowest BCUT2D eigenvalue weighted by Crippen LogP contribution is -2.42. The minimum absolute atomic E-state index is 0.205. The number of hydrogen-bond donors (Lipinski definition) is 2. The predicted octanol–water partition coefficient (Wildman–Crippen LogP) is 1.81. The lowest BCUT2D eigenvalue weighted by molar-refractivity contribution is 0.0465. The quantitative estimate of drug-likeness (QED) is 0.752. The van der Waals surface area contributed by atoms with Gasteiger partial charge in [0.15, 0.2) is 11.5 Å². The summed E-state index contributed by atoms with van der Waals surface area (Å²) in [4.78, 5) is 14.1. The van der Waals surface area contributed by atoms with Crippen molar-refractivity contribution in [3.05, 3.63) is 36.2 Å². The number of aliphatic hydroxyl groups is 1. The number of piperidine rings is 1. The molecule has 0 aliphatic carbocycles. The Hall–Kier alpha value is -2.67. The van der Waals surface area contributed by atoms with Crippen molar-refractivity contribution in [3.8, 4) is 11.3 Å². The fourth-order valence-corrected chi connectivity index (χ4v) is 2.91. The van der Waals surface area contributed by atoms with Gasteiger partial charge in [-0.3, -0.25) is 9.89 Å². The maximum Gasteiger partial charge on any atom is 0.276 e. The highest BCUT2D eigenvalue weighted by atomic mass is 16.5. The highest BCUT2D eigenvalue weighted by Gasteiger charge is 2.25. The van der Waals surface area contributed by atoms with Crippen LogP contribution in [0.15, 0.2) is 35.0 Å². The van der Waals surface area contributed by atoms with Crippen LogP contribution in [0.1, 0.15) is 23.3 Å². The van der Waals surface area contributed by atoms with Gasteiger partial charge in [-0.25, -0.2) is 0 Å². The average molecular weight is 312 g/mol. The van der Waals surface area contributed by atoms with Crippen LogP contribution in [0.4, 0.5) is 0 Å². The maximum absolute atomic E-state index is 12.4. The number of carbonyl (C=O) groups is 1. The average Bonchev–Trinajstić information content (AvgIpc) is 3.22. The third kappa shape index (κ3) is 2.59. The van der Waals surface area contributed by atoms with Crippen LogP contribution >= 0.6 is 0 Å². The molecule has 2 aromatic heterocycles. The molecule has 118 valence electrons. The summed E-state index contributed by atoms with van der Waals surface area (Å²) in [6.07, 6.45) is 2.81. The van der Waals surface area contributed by atoms with Gasteiger partial charge in [-0.1, -0.05) is 5.16 Å². The summed E-state index contributed by atoms with van der Waals surface area (Å²) in [7, 11) is 0. The van der Waals surface area contributed by atoms with Crippen LogP contribution in [0.5, 0.6) is 0 Å². The largest absolute Gasteiger partial charge is 0.391 e. The van der Waals surface area contributed by atoms with Crippen molar-refractivity contribution in [2.24, 2.45) is 0 Å². The maximum atomic E-state index is 12.4. The van der Waals surface area contributed by atoms with Crippen molar-refractivity contribution in [3.63, 3.8) is 0 Å². The van der Waals surface area contributed by atoms with Gasteiger partial charge >= 0.3 is 0 Å². The molecule has 7 heteroatoms. The molecular weight excluding hydrogens is 296 g/mol. The molecule has 3 heterocycles. The molecule has 0 spiro atoms. The number of carbonyl (C=O) groups excluding carboxylic acids is 1. The van der Waals surface area contributed by atoms with E-state index in [4.69, 9.17) is 4.52 Å². The number of benzene rings is 1. The van der Waals surface area contributed by atoms with Crippen LogP contribution in [0.25, 0.3) is 22.2 Å². The number of β-amino-alcohol motifs (C(OH)–C–C–N with tert-alkyl or cyclic N) is 1. The van der Waals surface area contributed by atoms with Gasteiger partial charge in [-0.15, -0.1) is 0 Å². The summed E-state index contributed by atoms with van der Waals surface area (Å²) in [5.74, 6) is 0.331. The van der Waals surface area contributed by atoms with Crippen molar-refractivity contribution >= 4 is 16.8 Å². The number of fused-ring (bicyclic) bond motifs is 1. The third-order valence-corrected chi connectivity index (χ3v) is 4.14. The van der Waals surface area contributed by atoms with Crippen molar-refractivity contribution in [1.82, 2.24) is 20.3 Å². The molecule has 3 aromatic rings. The Kier molecular flexibility index (Phi) is 3.34. The summed E-state index contributed by atoms with van der Waals surface area (Å²) < 4.78 is 5.32. The second-order valence-electron chi connectivity index (χ2n) is 5.80. The van der Waals surface area contributed by atoms with Crippen LogP contribution < -0.4 is 0 Å². The van der Waals surface area contributed by atoms with Crippen molar-refractivity contribution < 1.29 is 14.4 Å². The highest BCUT2D eigenvalue weighted by Crippen LogP contribution is 2.25. The standard InChI is InChI=1S/C16H16N4O3/c21-12-2-1-5-20(9-12)16(22)14-7-15(23-19-14)10-3-4-13-11(6-10)8-17-18-13/h3-4,6-8,12,21H,1-2,5,9H2,(H,17,18)/t12-/m1/s1. The SMILES string of the molecule is O=C(c1cc(-c2ccc3[nH]ncc3c2)on1)N1CCC[C@@H](O)C1. The van der Waals surface area contributed by atoms with Gasteiger partial charge in [0.1, 0.15) is 0 Å². The first-order valence-corrected chi connectivity index (χ1v) is 7.58. The molecule has 4 rings (SSSR count). The number of nitrogens with zero attached hydrogens (tertiary/aromatic N) is 3. The number of rotatable bonds is 2. The summed E-state index contributed by atoms with van der Waals surface area (Å²) in [6.45, 7) is 0.987. The molecule has 1 fully saturated rings. The molecule has 23 heavy (non-hydrogen) atoms. The number of aromatic amines is 1. The molecule has 1 amide bonds. The Morgan fingerprint density at radius 3 is 3.17 bits per heavy atom. The molecule has 1 aliphatic rings. The minimum atomic E-state index is -0.456. The van der Waals surface area contributed by atoms with Gasteiger partial charge in [0, 0.05) is 30.1 Å². The number of hydrogen-bond acceptors (Lipinski definition) is 5. The zero-order valence-corrected chi connectivity index (χ0v) is 12.4. The number of H-pyrrole nitrogens is 1. The van der Waals surface area contributed by atoms with E-state index in [0.717, 1.165) is 29.3 Å². The molecule has 0 unspecified atom stereocenters. The van der Waals surface area contributed by atoms with Gasteiger partial charge in [-0.2, -0.15) is 5.10 Å². The third-order valence-electron chi connectivity index (χ3n) is 4.14. The van der Waals surface area contributed by atoms with Crippen LogP contribution in [0, 0.1) is 0 Å². The van der Waals surface area contributed by atoms with E-state index in [9.17, 15) is 9.90 Å². The van der Waals surface area contributed by atoms with Crippen molar-refractivity contribution in [2.45, 2.75) is 18.9 Å². The van der Waals surface area contributed by atoms with Crippen LogP contribution in [-0.2, 0) is 0 Å². The first kappa shape index (κ1) is 14.0. The summed E-state index contributed by atoms with van der Waals surface area (Å²) in [5.41, 5.74) is 2.04. The van der Waals surface area contributed by atoms with E-state index in [1.165, 1.54) is 0 Å². The molecule has 2 N–H and O–H groups in total. The zero-order chi connectivity index (χ0) is 15.8. The number of amides is 1. The van der Waals surface area contributed by atoms with E-state index in [1.807, 2.05) is 18.2 Å². The Labute approximate surface area is 131 Å². The van der Waals surface area contributed by atoms with E-state index in [-0.39, 0.29) is 11.6 Å². The van der Waals surface area contributed by atoms with Crippen LogP contribution in [0.2, 0.25) is 0 Å². The Bertz CT molecular complexity index is 854. The predicted molar refractivity (Wildman–Crippen MR) is 82.7 cm³/mol.